The highest BCUT2D eigenvalue weighted by Crippen LogP contribution is 2.52. The number of anilines is 1. The van der Waals surface area contributed by atoms with E-state index in [4.69, 9.17) is 4.74 Å². The first-order chi connectivity index (χ1) is 10.8. The van der Waals surface area contributed by atoms with Crippen molar-refractivity contribution in [2.24, 2.45) is 10.8 Å². The maximum Gasteiger partial charge on any atom is 0.141 e. The minimum absolute atomic E-state index is 0.258. The molecular formula is C21H31NO. The Morgan fingerprint density at radius 3 is 2.61 bits per heavy atom. The summed E-state index contributed by atoms with van der Waals surface area (Å²) in [5.74, 6) is 0.937. The summed E-state index contributed by atoms with van der Waals surface area (Å²) in [6.45, 7) is 9.69. The first-order valence-electron chi connectivity index (χ1n) is 8.94. The van der Waals surface area contributed by atoms with Gasteiger partial charge in [-0.25, -0.2) is 0 Å². The molecule has 2 heteroatoms. The molecule has 2 aliphatic carbocycles. The summed E-state index contributed by atoms with van der Waals surface area (Å²) in [4.78, 5) is 0. The van der Waals surface area contributed by atoms with E-state index >= 15 is 0 Å². The summed E-state index contributed by atoms with van der Waals surface area (Å²) in [6.07, 6.45) is 6.35. The Bertz CT molecular complexity index is 612. The van der Waals surface area contributed by atoms with Crippen molar-refractivity contribution in [1.29, 1.82) is 0 Å². The fourth-order valence-electron chi connectivity index (χ4n) is 4.41. The number of hydrogen-bond acceptors (Lipinski definition) is 2. The summed E-state index contributed by atoms with van der Waals surface area (Å²) < 4.78 is 5.52. The van der Waals surface area contributed by atoms with Crippen LogP contribution in [0.5, 0.6) is 5.75 Å². The van der Waals surface area contributed by atoms with E-state index in [1.807, 2.05) is 12.1 Å². The summed E-state index contributed by atoms with van der Waals surface area (Å²) in [7, 11) is 1.75. The highest BCUT2D eigenvalue weighted by atomic mass is 16.5. The van der Waals surface area contributed by atoms with Gasteiger partial charge in [0.15, 0.2) is 0 Å². The average molecular weight is 313 g/mol. The van der Waals surface area contributed by atoms with Crippen LogP contribution in [0.25, 0.3) is 0 Å². The lowest BCUT2D eigenvalue weighted by Gasteiger charge is -2.48. The van der Waals surface area contributed by atoms with E-state index in [1.54, 1.807) is 18.3 Å². The van der Waals surface area contributed by atoms with Crippen LogP contribution < -0.4 is 10.1 Å². The van der Waals surface area contributed by atoms with Gasteiger partial charge < -0.3 is 10.1 Å². The van der Waals surface area contributed by atoms with Crippen LogP contribution in [0, 0.1) is 10.8 Å². The van der Waals surface area contributed by atoms with E-state index in [9.17, 15) is 0 Å². The standard InChI is InChI=1S/C21H31NO/c1-20(2)12-8-9-15-13-19(21(3,4)14-16(15)20)22-17-10-6-7-11-18(17)23-5/h6-7,10-11,19,22H,8-9,12-14H2,1-5H3/t19-/m0/s1. The van der Waals surface area contributed by atoms with E-state index < -0.39 is 0 Å². The first-order valence-corrected chi connectivity index (χ1v) is 8.94. The van der Waals surface area contributed by atoms with Gasteiger partial charge in [-0.05, 0) is 55.1 Å². The third-order valence-electron chi connectivity index (χ3n) is 5.99. The van der Waals surface area contributed by atoms with Crippen LogP contribution >= 0.6 is 0 Å². The Balaban J connectivity index is 1.88. The molecule has 1 aromatic rings. The van der Waals surface area contributed by atoms with E-state index in [-0.39, 0.29) is 5.41 Å². The molecule has 0 heterocycles. The minimum Gasteiger partial charge on any atom is -0.495 e. The second kappa shape index (κ2) is 5.89. The molecule has 0 saturated heterocycles. The third-order valence-corrected chi connectivity index (χ3v) is 5.99. The first kappa shape index (κ1) is 16.4. The average Bonchev–Trinajstić information content (AvgIpc) is 2.49. The van der Waals surface area contributed by atoms with Gasteiger partial charge in [0.05, 0.1) is 12.8 Å². The molecule has 1 N–H and O–H groups in total. The van der Waals surface area contributed by atoms with Crippen molar-refractivity contribution < 1.29 is 4.74 Å². The molecule has 126 valence electrons. The molecule has 0 unspecified atom stereocenters. The number of hydrogen-bond donors (Lipinski definition) is 1. The van der Waals surface area contributed by atoms with E-state index in [0.29, 0.717) is 11.5 Å². The molecule has 1 atom stereocenters. The topological polar surface area (TPSA) is 21.3 Å². The Labute approximate surface area is 141 Å². The molecule has 0 spiro atoms. The van der Waals surface area contributed by atoms with Crippen LogP contribution in [-0.4, -0.2) is 13.2 Å². The van der Waals surface area contributed by atoms with Gasteiger partial charge in [0.2, 0.25) is 0 Å². The molecule has 0 saturated carbocycles. The van der Waals surface area contributed by atoms with E-state index in [0.717, 1.165) is 11.4 Å². The van der Waals surface area contributed by atoms with Gasteiger partial charge in [-0.3, -0.25) is 0 Å². The molecule has 3 rings (SSSR count). The molecule has 1 aromatic carbocycles. The van der Waals surface area contributed by atoms with Crippen molar-refractivity contribution in [3.63, 3.8) is 0 Å². The summed E-state index contributed by atoms with van der Waals surface area (Å²) in [5.41, 5.74) is 5.22. The molecule has 2 aliphatic rings. The molecule has 0 bridgehead atoms. The number of allylic oxidation sites excluding steroid dienone is 1. The second-order valence-corrected chi connectivity index (χ2v) is 8.59. The van der Waals surface area contributed by atoms with Crippen molar-refractivity contribution in [3.05, 3.63) is 35.4 Å². The molecule has 2 nitrogen and oxygen atoms in total. The quantitative estimate of drug-likeness (QED) is 0.712. The number of benzene rings is 1. The molecule has 0 aliphatic heterocycles. The summed E-state index contributed by atoms with van der Waals surface area (Å²) in [6, 6.07) is 8.73. The normalized spacial score (nSPS) is 25.7. The second-order valence-electron chi connectivity index (χ2n) is 8.59. The van der Waals surface area contributed by atoms with Crippen LogP contribution in [0.3, 0.4) is 0 Å². The predicted octanol–water partition coefficient (Wildman–Crippen LogP) is 5.80. The van der Waals surface area contributed by atoms with Gasteiger partial charge in [-0.15, -0.1) is 0 Å². The smallest absolute Gasteiger partial charge is 0.141 e. The summed E-state index contributed by atoms with van der Waals surface area (Å²) >= 11 is 0. The largest absolute Gasteiger partial charge is 0.495 e. The zero-order chi connectivity index (χ0) is 16.7. The molecule has 0 aromatic heterocycles. The lowest BCUT2D eigenvalue weighted by Crippen LogP contribution is -2.43. The number of methoxy groups -OCH3 is 1. The number of para-hydroxylation sites is 2. The van der Waals surface area contributed by atoms with Crippen molar-refractivity contribution in [3.8, 4) is 5.75 Å². The monoisotopic (exact) mass is 313 g/mol. The maximum absolute atomic E-state index is 5.52. The predicted molar refractivity (Wildman–Crippen MR) is 98.1 cm³/mol. The van der Waals surface area contributed by atoms with E-state index in [1.165, 1.54) is 32.1 Å². The van der Waals surface area contributed by atoms with Gasteiger partial charge in [0, 0.05) is 6.04 Å². The zero-order valence-corrected chi connectivity index (χ0v) is 15.3. The van der Waals surface area contributed by atoms with Gasteiger partial charge >= 0.3 is 0 Å². The number of ether oxygens (including phenoxy) is 1. The van der Waals surface area contributed by atoms with Gasteiger partial charge in [0.1, 0.15) is 5.75 Å². The Kier molecular flexibility index (Phi) is 4.20. The summed E-state index contributed by atoms with van der Waals surface area (Å²) in [5, 5.41) is 3.79. The number of nitrogens with one attached hydrogen (secondary N) is 1. The fraction of sp³-hybridized carbons (Fsp3) is 0.619. The lowest BCUT2D eigenvalue weighted by molar-refractivity contribution is 0.225. The van der Waals surface area contributed by atoms with Gasteiger partial charge in [-0.1, -0.05) is 51.0 Å². The fourth-order valence-corrected chi connectivity index (χ4v) is 4.41. The Hall–Kier alpha value is -1.44. The maximum atomic E-state index is 5.52. The van der Waals surface area contributed by atoms with Crippen LogP contribution in [-0.2, 0) is 0 Å². The molecular weight excluding hydrogens is 282 g/mol. The molecule has 0 radical (unpaired) electrons. The van der Waals surface area contributed by atoms with Crippen molar-refractivity contribution in [1.82, 2.24) is 0 Å². The van der Waals surface area contributed by atoms with Crippen LogP contribution in [0.2, 0.25) is 0 Å². The van der Waals surface area contributed by atoms with Crippen LogP contribution in [0.4, 0.5) is 5.69 Å². The zero-order valence-electron chi connectivity index (χ0n) is 15.3. The van der Waals surface area contributed by atoms with Crippen molar-refractivity contribution in [2.45, 2.75) is 65.8 Å². The molecule has 0 fully saturated rings. The highest BCUT2D eigenvalue weighted by Gasteiger charge is 2.42. The number of rotatable bonds is 3. The highest BCUT2D eigenvalue weighted by molar-refractivity contribution is 5.57. The molecule has 0 amide bonds. The third kappa shape index (κ3) is 3.13. The minimum atomic E-state index is 0.258. The van der Waals surface area contributed by atoms with Crippen molar-refractivity contribution >= 4 is 5.69 Å². The Morgan fingerprint density at radius 1 is 1.13 bits per heavy atom. The van der Waals surface area contributed by atoms with Crippen LogP contribution in [0.1, 0.15) is 59.8 Å². The molecule has 23 heavy (non-hydrogen) atoms. The van der Waals surface area contributed by atoms with Gasteiger partial charge in [0.25, 0.3) is 0 Å². The lowest BCUT2D eigenvalue weighted by atomic mass is 9.60. The van der Waals surface area contributed by atoms with E-state index in [2.05, 4.69) is 45.1 Å². The van der Waals surface area contributed by atoms with Crippen molar-refractivity contribution in [2.75, 3.05) is 12.4 Å². The Morgan fingerprint density at radius 2 is 1.87 bits per heavy atom. The van der Waals surface area contributed by atoms with Gasteiger partial charge in [-0.2, -0.15) is 0 Å². The SMILES string of the molecule is COc1ccccc1N[C@H]1CC2=C(CC1(C)C)C(C)(C)CCC2. The van der Waals surface area contributed by atoms with Crippen LogP contribution in [0.15, 0.2) is 35.4 Å².